The fraction of sp³-hybridized carbons (Fsp3) is 0. The van der Waals surface area contributed by atoms with E-state index in [4.69, 9.17) is 5.11 Å². The molecule has 3 N–H and O–H groups in total. The van der Waals surface area contributed by atoms with Crippen molar-refractivity contribution in [3.63, 3.8) is 0 Å². The minimum Gasteiger partial charge on any atom is -0.505 e. The van der Waals surface area contributed by atoms with E-state index in [2.05, 4.69) is 37.2 Å². The Hall–Kier alpha value is -1.86. The maximum atomic E-state index is 12.2. The van der Waals surface area contributed by atoms with Crippen molar-refractivity contribution in [2.45, 2.75) is 0 Å². The number of hydrogen-bond donors (Lipinski definition) is 3. The Morgan fingerprint density at radius 3 is 2.38 bits per heavy atom. The third kappa shape index (κ3) is 3.43. The molecule has 0 aliphatic rings. The van der Waals surface area contributed by atoms with E-state index in [1.54, 1.807) is 18.2 Å². The van der Waals surface area contributed by atoms with Gasteiger partial charge in [-0.05, 0) is 46.3 Å². The number of para-hydroxylation sites is 1. The van der Waals surface area contributed by atoms with Crippen LogP contribution in [0.2, 0.25) is 0 Å². The number of amides is 1. The third-order valence-electron chi connectivity index (χ3n) is 2.69. The largest absolute Gasteiger partial charge is 0.505 e. The highest BCUT2D eigenvalue weighted by molar-refractivity contribution is 9.11. The predicted octanol–water partition coefficient (Wildman–Crippen LogP) is 3.87. The van der Waals surface area contributed by atoms with Gasteiger partial charge in [0.15, 0.2) is 5.75 Å². The van der Waals surface area contributed by atoms with E-state index in [9.17, 15) is 14.7 Å². The molecule has 7 heteroatoms. The van der Waals surface area contributed by atoms with Crippen molar-refractivity contribution in [3.8, 4) is 5.75 Å². The summed E-state index contributed by atoms with van der Waals surface area (Å²) in [5.41, 5.74) is 0.121. The second kappa shape index (κ2) is 6.28. The number of hydrogen-bond acceptors (Lipinski definition) is 3. The van der Waals surface area contributed by atoms with Crippen molar-refractivity contribution < 1.29 is 19.8 Å². The molecule has 21 heavy (non-hydrogen) atoms. The number of halogens is 2. The van der Waals surface area contributed by atoms with Gasteiger partial charge in [0, 0.05) is 8.95 Å². The summed E-state index contributed by atoms with van der Waals surface area (Å²) >= 11 is 6.55. The van der Waals surface area contributed by atoms with E-state index < -0.39 is 17.6 Å². The van der Waals surface area contributed by atoms with Gasteiger partial charge in [-0.3, -0.25) is 4.79 Å². The molecule has 0 bridgehead atoms. The number of carboxylic acids is 1. The van der Waals surface area contributed by atoms with Crippen LogP contribution in [0.15, 0.2) is 45.3 Å². The fourth-order valence-electron chi connectivity index (χ4n) is 1.68. The van der Waals surface area contributed by atoms with Gasteiger partial charge in [0.05, 0.1) is 11.3 Å². The zero-order valence-electron chi connectivity index (χ0n) is 10.4. The highest BCUT2D eigenvalue weighted by Crippen LogP contribution is 2.29. The molecule has 0 heterocycles. The van der Waals surface area contributed by atoms with E-state index in [0.717, 1.165) is 4.47 Å². The SMILES string of the molecule is O=C(Nc1cccc(C(=O)O)c1O)c1ccc(Br)cc1Br. The van der Waals surface area contributed by atoms with Crippen LogP contribution in [0.4, 0.5) is 5.69 Å². The van der Waals surface area contributed by atoms with Crippen LogP contribution in [-0.4, -0.2) is 22.1 Å². The standard InChI is InChI=1S/C14H9Br2NO4/c15-7-4-5-8(10(16)6-7)13(19)17-11-3-1-2-9(12(11)18)14(20)21/h1-6,18H,(H,17,19)(H,20,21). The van der Waals surface area contributed by atoms with Gasteiger partial charge in [0.25, 0.3) is 5.91 Å². The van der Waals surface area contributed by atoms with Gasteiger partial charge < -0.3 is 15.5 Å². The smallest absolute Gasteiger partial charge is 0.339 e. The molecular weight excluding hydrogens is 406 g/mol. The highest BCUT2D eigenvalue weighted by atomic mass is 79.9. The summed E-state index contributed by atoms with van der Waals surface area (Å²) in [7, 11) is 0. The Labute approximate surface area is 136 Å². The van der Waals surface area contributed by atoms with E-state index in [1.807, 2.05) is 0 Å². The van der Waals surface area contributed by atoms with Crippen LogP contribution in [0.5, 0.6) is 5.75 Å². The lowest BCUT2D eigenvalue weighted by molar-refractivity contribution is 0.0693. The molecule has 0 saturated heterocycles. The molecule has 0 aromatic heterocycles. The first-order chi connectivity index (χ1) is 9.90. The summed E-state index contributed by atoms with van der Waals surface area (Å²) in [5, 5.41) is 21.3. The van der Waals surface area contributed by atoms with E-state index in [0.29, 0.717) is 10.0 Å². The molecule has 2 aromatic rings. The van der Waals surface area contributed by atoms with Gasteiger partial charge in [-0.1, -0.05) is 22.0 Å². The minimum absolute atomic E-state index is 0.0368. The number of carbonyl (C=O) groups excluding carboxylic acids is 1. The molecule has 0 unspecified atom stereocenters. The lowest BCUT2D eigenvalue weighted by Crippen LogP contribution is -2.13. The number of aromatic carboxylic acids is 1. The van der Waals surface area contributed by atoms with Crippen molar-refractivity contribution in [1.82, 2.24) is 0 Å². The first kappa shape index (κ1) is 15.5. The molecule has 0 spiro atoms. The molecule has 0 atom stereocenters. The van der Waals surface area contributed by atoms with Crippen LogP contribution in [-0.2, 0) is 0 Å². The molecule has 0 fully saturated rings. The minimum atomic E-state index is -1.27. The molecule has 108 valence electrons. The Morgan fingerprint density at radius 2 is 1.76 bits per heavy atom. The Bertz CT molecular complexity index is 731. The topological polar surface area (TPSA) is 86.6 Å². The fourth-order valence-corrected chi connectivity index (χ4v) is 2.91. The van der Waals surface area contributed by atoms with Crippen LogP contribution >= 0.6 is 31.9 Å². The Kier molecular flexibility index (Phi) is 4.64. The third-order valence-corrected chi connectivity index (χ3v) is 3.84. The van der Waals surface area contributed by atoms with Crippen molar-refractivity contribution in [1.29, 1.82) is 0 Å². The van der Waals surface area contributed by atoms with Gasteiger partial charge in [-0.15, -0.1) is 0 Å². The first-order valence-electron chi connectivity index (χ1n) is 5.72. The number of anilines is 1. The molecule has 1 amide bonds. The summed E-state index contributed by atoms with van der Waals surface area (Å²) in [5.74, 6) is -2.22. The molecule has 5 nitrogen and oxygen atoms in total. The van der Waals surface area contributed by atoms with E-state index in [-0.39, 0.29) is 11.3 Å². The Balaban J connectivity index is 2.32. The van der Waals surface area contributed by atoms with Crippen molar-refractivity contribution in [3.05, 3.63) is 56.5 Å². The van der Waals surface area contributed by atoms with Crippen LogP contribution < -0.4 is 5.32 Å². The number of carbonyl (C=O) groups is 2. The average Bonchev–Trinajstić information content (AvgIpc) is 2.40. The van der Waals surface area contributed by atoms with Crippen LogP contribution in [0, 0.1) is 0 Å². The van der Waals surface area contributed by atoms with Crippen molar-refractivity contribution in [2.75, 3.05) is 5.32 Å². The molecule has 2 rings (SSSR count). The normalized spacial score (nSPS) is 10.2. The molecule has 0 aliphatic carbocycles. The lowest BCUT2D eigenvalue weighted by atomic mass is 10.1. The lowest BCUT2D eigenvalue weighted by Gasteiger charge is -2.10. The summed E-state index contributed by atoms with van der Waals surface area (Å²) < 4.78 is 1.38. The van der Waals surface area contributed by atoms with Gasteiger partial charge in [-0.2, -0.15) is 0 Å². The monoisotopic (exact) mass is 413 g/mol. The first-order valence-corrected chi connectivity index (χ1v) is 7.30. The number of phenols is 1. The highest BCUT2D eigenvalue weighted by Gasteiger charge is 2.16. The maximum Gasteiger partial charge on any atom is 0.339 e. The summed E-state index contributed by atoms with van der Waals surface area (Å²) in [6, 6.07) is 9.13. The molecule has 2 aromatic carbocycles. The maximum absolute atomic E-state index is 12.2. The quantitative estimate of drug-likeness (QED) is 0.665. The van der Waals surface area contributed by atoms with Gasteiger partial charge in [0.1, 0.15) is 5.56 Å². The van der Waals surface area contributed by atoms with Crippen molar-refractivity contribution >= 4 is 49.4 Å². The zero-order valence-corrected chi connectivity index (χ0v) is 13.6. The number of rotatable bonds is 3. The van der Waals surface area contributed by atoms with Crippen LogP contribution in [0.1, 0.15) is 20.7 Å². The second-order valence-corrected chi connectivity index (χ2v) is 5.86. The van der Waals surface area contributed by atoms with E-state index >= 15 is 0 Å². The summed E-state index contributed by atoms with van der Waals surface area (Å²) in [4.78, 5) is 23.1. The second-order valence-electron chi connectivity index (χ2n) is 4.09. The van der Waals surface area contributed by atoms with Gasteiger partial charge in [-0.25, -0.2) is 4.79 Å². The van der Waals surface area contributed by atoms with Gasteiger partial charge >= 0.3 is 5.97 Å². The summed E-state index contributed by atoms with van der Waals surface area (Å²) in [6.07, 6.45) is 0. The van der Waals surface area contributed by atoms with E-state index in [1.165, 1.54) is 18.2 Å². The average molecular weight is 415 g/mol. The van der Waals surface area contributed by atoms with Crippen LogP contribution in [0.25, 0.3) is 0 Å². The number of benzene rings is 2. The molecular formula is C14H9Br2NO4. The zero-order chi connectivity index (χ0) is 15.6. The van der Waals surface area contributed by atoms with Crippen molar-refractivity contribution in [2.24, 2.45) is 0 Å². The predicted molar refractivity (Wildman–Crippen MR) is 84.9 cm³/mol. The molecule has 0 radical (unpaired) electrons. The number of carboxylic acid groups (broad SMARTS) is 1. The molecule has 0 aliphatic heterocycles. The number of aromatic hydroxyl groups is 1. The Morgan fingerprint density at radius 1 is 1.05 bits per heavy atom. The summed E-state index contributed by atoms with van der Waals surface area (Å²) in [6.45, 7) is 0. The van der Waals surface area contributed by atoms with Gasteiger partial charge in [0.2, 0.25) is 0 Å². The van der Waals surface area contributed by atoms with Crippen LogP contribution in [0.3, 0.4) is 0 Å². The molecule has 0 saturated carbocycles. The number of nitrogens with one attached hydrogen (secondary N) is 1.